The molecule has 0 saturated carbocycles. The summed E-state index contributed by atoms with van der Waals surface area (Å²) in [6.45, 7) is 4.19. The summed E-state index contributed by atoms with van der Waals surface area (Å²) in [4.78, 5) is 7.63. The second-order valence-corrected chi connectivity index (χ2v) is 2.24. The molecule has 0 unspecified atom stereocenters. The molecule has 0 bridgehead atoms. The van der Waals surface area contributed by atoms with Gasteiger partial charge in [-0.25, -0.2) is 0 Å². The number of nitrogens with zero attached hydrogens (tertiary/aromatic N) is 2. The molecule has 0 spiro atoms. The zero-order chi connectivity index (χ0) is 6.69. The molecule has 3 heteroatoms. The fraction of sp³-hybridized carbons (Fsp3) is 0.429. The van der Waals surface area contributed by atoms with Crippen LogP contribution in [0.5, 0.6) is 0 Å². The Balaban J connectivity index is 0.000000810. The quantitative estimate of drug-likeness (QED) is 0.365. The first-order valence-corrected chi connectivity index (χ1v) is 2.99. The van der Waals surface area contributed by atoms with Gasteiger partial charge in [0.2, 0.25) is 0 Å². The van der Waals surface area contributed by atoms with Crippen molar-refractivity contribution in [3.05, 3.63) is 24.3 Å². The van der Waals surface area contributed by atoms with Crippen LogP contribution in [-0.4, -0.2) is 9.97 Å². The normalized spacial score (nSPS) is 9.10. The summed E-state index contributed by atoms with van der Waals surface area (Å²) < 4.78 is 0. The molecule has 0 aromatic carbocycles. The third kappa shape index (κ3) is 3.21. The van der Waals surface area contributed by atoms with E-state index in [-0.39, 0.29) is 51.4 Å². The monoisotopic (exact) mass is 160 g/mol. The van der Waals surface area contributed by atoms with E-state index in [9.17, 15) is 0 Å². The topological polar surface area (TPSA) is 25.8 Å². The summed E-state index contributed by atoms with van der Waals surface area (Å²) in [7, 11) is 0. The van der Waals surface area contributed by atoms with Crippen LogP contribution in [0.2, 0.25) is 0 Å². The summed E-state index contributed by atoms with van der Waals surface area (Å²) in [5, 5.41) is 0. The first-order valence-electron chi connectivity index (χ1n) is 2.99. The maximum Gasteiger partial charge on any atom is 1.00 e. The second-order valence-electron chi connectivity index (χ2n) is 2.24. The molecule has 0 radical (unpaired) electrons. The second kappa shape index (κ2) is 5.38. The van der Waals surface area contributed by atoms with E-state index >= 15 is 0 Å². The Bertz CT molecular complexity index is 174. The molecule has 1 aromatic heterocycles. The molecule has 0 N–H and O–H groups in total. The Kier molecular flexibility index (Phi) is 5.76. The van der Waals surface area contributed by atoms with Crippen molar-refractivity contribution in [3.63, 3.8) is 0 Å². The standard InChI is InChI=1S/C7H9N2.K/c1-6(2)7-3-4-8-5-9-7;/h3-4,6H,1-2H3;/q-1;+1. The predicted octanol–water partition coefficient (Wildman–Crippen LogP) is -1.60. The Labute approximate surface area is 104 Å². The average Bonchev–Trinajstić information content (AvgIpc) is 1.90. The van der Waals surface area contributed by atoms with Crippen molar-refractivity contribution in [1.29, 1.82) is 0 Å². The first-order chi connectivity index (χ1) is 4.30. The Morgan fingerprint density at radius 2 is 2.20 bits per heavy atom. The molecule has 1 rings (SSSR count). The van der Waals surface area contributed by atoms with Gasteiger partial charge in [-0.3, -0.25) is 0 Å². The Morgan fingerprint density at radius 1 is 1.50 bits per heavy atom. The SMILES string of the molecule is CC(C)c1ccn[c-]n1.[K+]. The van der Waals surface area contributed by atoms with Crippen LogP contribution in [0.3, 0.4) is 0 Å². The van der Waals surface area contributed by atoms with E-state index in [0.717, 1.165) is 5.69 Å². The summed E-state index contributed by atoms with van der Waals surface area (Å²) in [5.41, 5.74) is 1.05. The number of aromatic nitrogens is 2. The van der Waals surface area contributed by atoms with Gasteiger partial charge in [0.05, 0.1) is 0 Å². The minimum Gasteiger partial charge on any atom is -0.374 e. The van der Waals surface area contributed by atoms with Gasteiger partial charge in [0.25, 0.3) is 0 Å². The third-order valence-electron chi connectivity index (χ3n) is 1.15. The molecule has 2 nitrogen and oxygen atoms in total. The van der Waals surface area contributed by atoms with Crippen LogP contribution >= 0.6 is 0 Å². The molecule has 0 amide bonds. The number of hydrogen-bond donors (Lipinski definition) is 0. The Morgan fingerprint density at radius 3 is 2.50 bits per heavy atom. The first kappa shape index (κ1) is 10.7. The van der Waals surface area contributed by atoms with Crippen LogP contribution in [0.1, 0.15) is 25.5 Å². The van der Waals surface area contributed by atoms with Gasteiger partial charge < -0.3 is 9.97 Å². The molecule has 1 aromatic rings. The van der Waals surface area contributed by atoms with Crippen molar-refractivity contribution in [2.45, 2.75) is 19.8 Å². The van der Waals surface area contributed by atoms with E-state index in [2.05, 4.69) is 30.1 Å². The van der Waals surface area contributed by atoms with Gasteiger partial charge in [-0.15, -0.1) is 6.07 Å². The van der Waals surface area contributed by atoms with E-state index in [4.69, 9.17) is 0 Å². The fourth-order valence-corrected chi connectivity index (χ4v) is 0.592. The van der Waals surface area contributed by atoms with Gasteiger partial charge in [-0.05, 0) is 0 Å². The van der Waals surface area contributed by atoms with Crippen molar-refractivity contribution < 1.29 is 51.4 Å². The van der Waals surface area contributed by atoms with Gasteiger partial charge in [0, 0.05) is 6.33 Å². The molecular formula is C7H9KN2. The van der Waals surface area contributed by atoms with Crippen molar-refractivity contribution in [1.82, 2.24) is 9.97 Å². The molecule has 48 valence electrons. The summed E-state index contributed by atoms with van der Waals surface area (Å²) in [6.07, 6.45) is 4.25. The van der Waals surface area contributed by atoms with Gasteiger partial charge in [-0.2, -0.15) is 0 Å². The van der Waals surface area contributed by atoms with Gasteiger partial charge >= 0.3 is 51.4 Å². The molecule has 0 aliphatic rings. The zero-order valence-corrected chi connectivity index (χ0v) is 9.75. The molecule has 10 heavy (non-hydrogen) atoms. The smallest absolute Gasteiger partial charge is 0.374 e. The third-order valence-corrected chi connectivity index (χ3v) is 1.15. The van der Waals surface area contributed by atoms with E-state index < -0.39 is 0 Å². The van der Waals surface area contributed by atoms with Crippen LogP contribution in [-0.2, 0) is 0 Å². The molecular weight excluding hydrogens is 151 g/mol. The van der Waals surface area contributed by atoms with Crippen molar-refractivity contribution in [2.75, 3.05) is 0 Å². The average molecular weight is 160 g/mol. The Hall–Kier alpha value is 0.716. The molecule has 0 aliphatic carbocycles. The summed E-state index contributed by atoms with van der Waals surface area (Å²) >= 11 is 0. The van der Waals surface area contributed by atoms with Gasteiger partial charge in [0.1, 0.15) is 0 Å². The molecule has 0 atom stereocenters. The van der Waals surface area contributed by atoms with Crippen LogP contribution in [0.15, 0.2) is 12.3 Å². The van der Waals surface area contributed by atoms with Crippen molar-refractivity contribution in [2.24, 2.45) is 0 Å². The van der Waals surface area contributed by atoms with Crippen molar-refractivity contribution in [3.8, 4) is 0 Å². The molecule has 0 aliphatic heterocycles. The van der Waals surface area contributed by atoms with E-state index in [1.165, 1.54) is 0 Å². The molecule has 0 saturated heterocycles. The maximum absolute atomic E-state index is 3.94. The minimum atomic E-state index is 0. The van der Waals surface area contributed by atoms with Crippen molar-refractivity contribution >= 4 is 0 Å². The minimum absolute atomic E-state index is 0. The number of hydrogen-bond acceptors (Lipinski definition) is 2. The van der Waals surface area contributed by atoms with Crippen LogP contribution in [0.25, 0.3) is 0 Å². The summed E-state index contributed by atoms with van der Waals surface area (Å²) in [5.74, 6) is 0.476. The molecule has 1 heterocycles. The van der Waals surface area contributed by atoms with Gasteiger partial charge in [-0.1, -0.05) is 31.7 Å². The number of rotatable bonds is 1. The van der Waals surface area contributed by atoms with Crippen LogP contribution in [0.4, 0.5) is 0 Å². The maximum atomic E-state index is 3.94. The van der Waals surface area contributed by atoms with E-state index in [1.54, 1.807) is 6.20 Å². The van der Waals surface area contributed by atoms with Gasteiger partial charge in [0.15, 0.2) is 0 Å². The largest absolute Gasteiger partial charge is 1.00 e. The zero-order valence-electron chi connectivity index (χ0n) is 6.63. The van der Waals surface area contributed by atoms with Crippen LogP contribution in [0, 0.1) is 6.33 Å². The van der Waals surface area contributed by atoms with E-state index in [1.807, 2.05) is 6.07 Å². The predicted molar refractivity (Wildman–Crippen MR) is 35.0 cm³/mol. The van der Waals surface area contributed by atoms with Crippen LogP contribution < -0.4 is 51.4 Å². The fourth-order valence-electron chi connectivity index (χ4n) is 0.592. The summed E-state index contributed by atoms with van der Waals surface area (Å²) in [6, 6.07) is 1.90. The van der Waals surface area contributed by atoms with E-state index in [0.29, 0.717) is 5.92 Å². The molecule has 0 fully saturated rings.